The minimum Gasteiger partial charge on any atom is -0.183 e. The Morgan fingerprint density at radius 2 is 0.0606 bits per heavy atom. The molecule has 0 rings (SSSR count). The Morgan fingerprint density at radius 3 is 0.0833 bits per heavy atom. The smallest absolute Gasteiger partial charge is 0 e. The van der Waals surface area contributed by atoms with Crippen molar-refractivity contribution in [3.05, 3.63) is 0 Å². The normalized spacial score (nSPS) is 15.7. The molecule has 0 aromatic heterocycles. The standard InChI is InChI=1S/H2N132/c1-3-5-7-9-11-13-15-17-19-21-23-25-27-29-31-33-35-37-39-41-43-45-47-49-51-53-55-57-59-61-63-65-67-69-71-73-75-77-79-81-83-85-87-89-91-93-95-97-99-101-103-105-107-109-111-113-115-117-119-121-123-125-127-129-131-132-130-128-126-124-122-120-118-116-114-112-110-108-106-104-102-100-98-96-94-92-90-88-86-84-82-80-78-76-74-72-70-68-66-64-62-60-58-56-54-52-50-48-46-44-42-40-38-36-34-32-30-28-26-24-22-20-18-16-14-12-10-8-6-4-2/h1-2H/b3-1?,4-2?,7-5+,8-6+,11-9+,12-10+,15-13+,16-14+,19-17+,20-18+,23-21+,24-22+,27-25+,28-26+,31-29+,32-30+,35-33+,36-34+,39-37+,40-38+,43-41+,44-42+,47-45+,48-46+,51-49+,52-50+,55-53+,56-54+,59-57+,60-58+,63-61+,64-62+,67-65+,68-66+,71-69+,72-70+,75-73+,76-74+,79-77+,80-78+,83-81+,84-82+,87-85+,88-86+,91-89+,92-90+,95-93+,96-94+,99-97+,100-98+,103-101+,104-102+,107-105+,108-106+,111-109+,112-110+,115-113+,116-114+,119-117+,120-118+,123-121+,124-122+,127-125+,128-126+,131-129+,132-130+. The summed E-state index contributed by atoms with van der Waals surface area (Å²) >= 11 is 0. The van der Waals surface area contributed by atoms with E-state index in [1.807, 2.05) is 0 Å². The molecule has 2 N–H and O–H groups in total. The lowest BCUT2D eigenvalue weighted by Crippen LogP contribution is -1.52. The maximum atomic E-state index is 6.27. The van der Waals surface area contributed by atoms with Crippen molar-refractivity contribution in [2.75, 3.05) is 0 Å². The Balaban J connectivity index is 4.14. The van der Waals surface area contributed by atoms with Gasteiger partial charge in [0, 0.05) is 595 Å². The first kappa shape index (κ1) is 106. The summed E-state index contributed by atoms with van der Waals surface area (Å²) in [5.41, 5.74) is 12.5. The third kappa shape index (κ3) is 104. The van der Waals surface area contributed by atoms with Crippen LogP contribution in [-0.2, 0) is 0 Å². The van der Waals surface area contributed by atoms with Crippen LogP contribution in [0.4, 0.5) is 0 Å². The van der Waals surface area contributed by atoms with Crippen LogP contribution in [0.15, 0.2) is 679 Å². The summed E-state index contributed by atoms with van der Waals surface area (Å²) in [4.78, 5) is 0. The van der Waals surface area contributed by atoms with Crippen LogP contribution >= 0.6 is 0 Å². The Hall–Kier alpha value is -26.4. The van der Waals surface area contributed by atoms with Gasteiger partial charge in [-0.1, -0.05) is 0 Å². The molecule has 0 spiro atoms. The Bertz CT molecular complexity index is 4550. The van der Waals surface area contributed by atoms with Crippen LogP contribution in [0.25, 0.3) is 0 Å². The van der Waals surface area contributed by atoms with Gasteiger partial charge in [-0.3, -0.25) is 0 Å². The lowest BCUT2D eigenvalue weighted by molar-refractivity contribution is 0.722. The molecule has 0 bridgehead atoms. The van der Waals surface area contributed by atoms with Crippen molar-refractivity contribution in [1.82, 2.24) is 0 Å². The second kappa shape index (κ2) is 105. The third-order valence-corrected chi connectivity index (χ3v) is 5.17. The average molecular weight is 1850 g/mol. The van der Waals surface area contributed by atoms with Crippen LogP contribution in [0.2, 0.25) is 0 Å². The largest absolute Gasteiger partial charge is 0.183 e. The van der Waals surface area contributed by atoms with Crippen molar-refractivity contribution in [3.63, 3.8) is 0 Å². The van der Waals surface area contributed by atoms with E-state index in [0.717, 1.165) is 0 Å². The molecule has 0 unspecified atom stereocenters. The molecule has 0 aliphatic carbocycles. The van der Waals surface area contributed by atoms with Gasteiger partial charge < -0.3 is 0 Å². The molecule has 0 fully saturated rings. The number of nitrogens with one attached hydrogen (secondary N) is 2. The van der Waals surface area contributed by atoms with Crippen LogP contribution in [0.1, 0.15) is 0 Å². The van der Waals surface area contributed by atoms with Crippen molar-refractivity contribution in [1.29, 1.82) is 11.1 Å². The molecule has 0 saturated carbocycles. The average Bonchev–Trinajstić information content (AvgIpc) is 1.11. The second-order valence-electron chi connectivity index (χ2n) is 11.6. The fraction of sp³-hybridized carbons (Fsp3) is 0. The van der Waals surface area contributed by atoms with E-state index in [9.17, 15) is 0 Å². The highest BCUT2D eigenvalue weighted by Crippen LogP contribution is 2.02. The molecule has 132 nitrogen and oxygen atoms in total. The molecular weight excluding hydrogens is 1850 g/mol. The molecule has 132 heteroatoms. The van der Waals surface area contributed by atoms with Crippen molar-refractivity contribution in [2.24, 2.45) is 679 Å². The van der Waals surface area contributed by atoms with Gasteiger partial charge in [0.05, 0.1) is 0 Å². The zero-order chi connectivity index (χ0) is 93.9. The van der Waals surface area contributed by atoms with Gasteiger partial charge in [0.15, 0.2) is 0 Å². The van der Waals surface area contributed by atoms with Crippen molar-refractivity contribution in [3.8, 4) is 0 Å². The molecule has 0 aliphatic heterocycles. The molecule has 0 aliphatic rings. The van der Waals surface area contributed by atoms with Crippen molar-refractivity contribution < 1.29 is 0 Å². The minimum atomic E-state index is 2.50. The van der Waals surface area contributed by atoms with Crippen LogP contribution < -0.4 is 0 Å². The van der Waals surface area contributed by atoms with Gasteiger partial charge in [-0.15, -0.1) is 0 Å². The van der Waals surface area contributed by atoms with Gasteiger partial charge in [0.1, 0.15) is 0 Å². The molecule has 0 amide bonds. The molecule has 0 atom stereocenters. The highest BCUT2D eigenvalue weighted by Gasteiger charge is 1.83. The summed E-state index contributed by atoms with van der Waals surface area (Å²) in [6.07, 6.45) is 0. The first-order chi connectivity index (χ1) is 65.9. The molecule has 0 saturated heterocycles. The molecule has 0 aromatic rings. The maximum absolute atomic E-state index is 6.27. The molecule has 132 heavy (non-hydrogen) atoms. The van der Waals surface area contributed by atoms with E-state index in [1.54, 1.807) is 0 Å². The van der Waals surface area contributed by atoms with Crippen LogP contribution in [0.5, 0.6) is 0 Å². The van der Waals surface area contributed by atoms with Crippen LogP contribution in [0.3, 0.4) is 0 Å². The lowest BCUT2D eigenvalue weighted by atomic mass is 12.3. The Morgan fingerprint density at radius 1 is 0.0379 bits per heavy atom. The first-order valence-corrected chi connectivity index (χ1v) is 26.2. The molecular formula is H2N132. The van der Waals surface area contributed by atoms with Gasteiger partial charge in [-0.25, -0.2) is 0 Å². The Kier molecular flexibility index (Phi) is 83.7. The summed E-state index contributed by atoms with van der Waals surface area (Å²) in [7, 11) is 0. The summed E-state index contributed by atoms with van der Waals surface area (Å²) in [5.74, 6) is 0. The number of nitrogens with zero attached hydrogens (tertiary/aromatic N) is 130. The summed E-state index contributed by atoms with van der Waals surface area (Å²) in [5, 5.41) is 387. The summed E-state index contributed by atoms with van der Waals surface area (Å²) in [6, 6.07) is 0. The zero-order valence-electron chi connectivity index (χ0n) is 59.1. The summed E-state index contributed by atoms with van der Waals surface area (Å²) < 4.78 is 0. The van der Waals surface area contributed by atoms with E-state index in [0.29, 0.717) is 0 Å². The van der Waals surface area contributed by atoms with Gasteiger partial charge in [0.2, 0.25) is 0 Å². The van der Waals surface area contributed by atoms with Gasteiger partial charge in [0.25, 0.3) is 0 Å². The van der Waals surface area contributed by atoms with Crippen LogP contribution in [0, 0.1) is 11.1 Å². The van der Waals surface area contributed by atoms with Gasteiger partial charge >= 0.3 is 0 Å². The van der Waals surface area contributed by atoms with Crippen molar-refractivity contribution in [2.45, 2.75) is 0 Å². The van der Waals surface area contributed by atoms with E-state index in [1.165, 1.54) is 0 Å². The Labute approximate surface area is 690 Å². The maximum Gasteiger partial charge on any atom is 0 e. The van der Waals surface area contributed by atoms with E-state index >= 15 is 0 Å². The van der Waals surface area contributed by atoms with Gasteiger partial charge in [-0.05, 0) is 83.6 Å². The third-order valence-electron chi connectivity index (χ3n) is 5.17. The fourth-order valence-corrected chi connectivity index (χ4v) is 2.29. The predicted octanol–water partition coefficient (Wildman–Crippen LogP) is 24.5. The topological polar surface area (TPSA) is 1650 Å². The number of hydrogen-bond acceptors (Lipinski definition) is 2. The number of rotatable bonds is 65. The highest BCUT2D eigenvalue weighted by molar-refractivity contribution is 4.26. The highest BCUT2D eigenvalue weighted by atomic mass is 15.8. The zero-order valence-corrected chi connectivity index (χ0v) is 59.1. The molecule has 662 valence electrons. The monoisotopic (exact) mass is 1850 g/mol. The first-order valence-electron chi connectivity index (χ1n) is 26.2. The molecule has 0 aromatic carbocycles. The van der Waals surface area contributed by atoms with E-state index in [2.05, 4.69) is 679 Å². The quantitative estimate of drug-likeness (QED) is 0.0424. The molecule has 0 radical (unpaired) electrons. The predicted molar refractivity (Wildman–Crippen MR) is 321 cm³/mol. The van der Waals surface area contributed by atoms with Crippen LogP contribution in [-0.4, -0.2) is 0 Å². The minimum absolute atomic E-state index is 2.50. The van der Waals surface area contributed by atoms with Gasteiger partial charge in [-0.2, -0.15) is 11.1 Å². The van der Waals surface area contributed by atoms with E-state index in [-0.39, 0.29) is 0 Å². The second-order valence-corrected chi connectivity index (χ2v) is 11.6. The van der Waals surface area contributed by atoms with E-state index in [4.69, 9.17) is 11.1 Å². The van der Waals surface area contributed by atoms with Crippen molar-refractivity contribution >= 4 is 0 Å². The summed E-state index contributed by atoms with van der Waals surface area (Å²) in [6.45, 7) is 0. The number of hydrogen-bond donors (Lipinski definition) is 2. The SMILES string of the molecule is N=N/N=N/N=N/N=N/N=N/N=N/N=N/N=N/N=N/N=N/N=N/N=N/N=N/N=N/N=N/N=N/N=N/N=N/N=N/N=N/N=N/N=N/N=N/N=N/N=N/N=N/N=N/N=N/N=N/N=N/N=N/N=N/N=N/N=N/N=N/N=N/N=N/N=N/N=N/N=N/N=N/N=N/N=N/N=N/N=N/N=N/N=N/N=N/N=N/N=N/N=N/N=N/N=N/N=N/N=N/N=N/N=N/N=N/N=N/N=N/N=N/N=N/N=N/N=N/N=N/N=N. The fourth-order valence-electron chi connectivity index (χ4n) is 2.29. The van der Waals surface area contributed by atoms with E-state index < -0.39 is 0 Å². The lowest BCUT2D eigenvalue weighted by Gasteiger charge is -1.71. The molecule has 0 heterocycles.